The molecule has 0 fully saturated rings. The summed E-state index contributed by atoms with van der Waals surface area (Å²) >= 11 is 0. The van der Waals surface area contributed by atoms with Gasteiger partial charge in [-0.05, 0) is 17.6 Å². The monoisotopic (exact) mass is 299 g/mol. The third-order valence-corrected chi connectivity index (χ3v) is 3.20. The number of hydrogen-bond donors (Lipinski definition) is 2. The molecule has 0 spiro atoms. The highest BCUT2D eigenvalue weighted by Crippen LogP contribution is 2.23. The largest absolute Gasteiger partial charge is 0.488 e. The van der Waals surface area contributed by atoms with Gasteiger partial charge in [0.1, 0.15) is 5.75 Å². The first-order valence-electron chi connectivity index (χ1n) is 6.88. The summed E-state index contributed by atoms with van der Waals surface area (Å²) < 4.78 is 5.80. The number of carbonyl (C=O) groups is 1. The number of amides is 1. The van der Waals surface area contributed by atoms with Crippen LogP contribution in [0.15, 0.2) is 54.6 Å². The van der Waals surface area contributed by atoms with Gasteiger partial charge in [-0.1, -0.05) is 42.5 Å². The van der Waals surface area contributed by atoms with Crippen molar-refractivity contribution in [1.29, 1.82) is 0 Å². The molecule has 0 aliphatic carbocycles. The summed E-state index contributed by atoms with van der Waals surface area (Å²) in [6.45, 7) is 0. The lowest BCUT2D eigenvalue weighted by molar-refractivity contribution is -0.136. The maximum absolute atomic E-state index is 12.3. The highest BCUT2D eigenvalue weighted by atomic mass is 16.5. The van der Waals surface area contributed by atoms with Crippen molar-refractivity contribution in [2.24, 2.45) is 0 Å². The second-order valence-electron chi connectivity index (χ2n) is 5.08. The molecule has 6 heteroatoms. The Hall–Kier alpha value is -2.31. The van der Waals surface area contributed by atoms with Gasteiger partial charge in [0, 0.05) is 19.7 Å². The third kappa shape index (κ3) is 3.87. The Morgan fingerprint density at radius 2 is 1.64 bits per heavy atom. The first kappa shape index (κ1) is 16.1. The van der Waals surface area contributed by atoms with Gasteiger partial charge in [-0.2, -0.15) is 0 Å². The molecule has 5 nitrogen and oxygen atoms in total. The summed E-state index contributed by atoms with van der Waals surface area (Å²) in [4.78, 5) is 13.8. The van der Waals surface area contributed by atoms with Crippen LogP contribution in [-0.4, -0.2) is 42.1 Å². The fourth-order valence-corrected chi connectivity index (χ4v) is 1.98. The van der Waals surface area contributed by atoms with Gasteiger partial charge < -0.3 is 19.7 Å². The molecule has 22 heavy (non-hydrogen) atoms. The number of ether oxygens (including phenoxy) is 1. The molecule has 0 saturated heterocycles. The van der Waals surface area contributed by atoms with Crippen molar-refractivity contribution in [2.45, 2.75) is 6.10 Å². The highest BCUT2D eigenvalue weighted by molar-refractivity contribution is 6.58. The average molecular weight is 299 g/mol. The molecule has 1 unspecified atom stereocenters. The lowest BCUT2D eigenvalue weighted by Crippen LogP contribution is -2.32. The molecule has 2 N–H and O–H groups in total. The van der Waals surface area contributed by atoms with E-state index >= 15 is 0 Å². The quantitative estimate of drug-likeness (QED) is 0.792. The Morgan fingerprint density at radius 1 is 1.05 bits per heavy atom. The van der Waals surface area contributed by atoms with Gasteiger partial charge in [0.2, 0.25) is 6.10 Å². The number of nitrogens with zero attached hydrogens (tertiary/aromatic N) is 1. The summed E-state index contributed by atoms with van der Waals surface area (Å²) in [5, 5.41) is 18.2. The summed E-state index contributed by atoms with van der Waals surface area (Å²) in [6.07, 6.45) is -0.749. The molecule has 2 rings (SSSR count). The van der Waals surface area contributed by atoms with E-state index in [0.717, 1.165) is 5.56 Å². The molecule has 2 aromatic carbocycles. The van der Waals surface area contributed by atoms with Crippen LogP contribution in [-0.2, 0) is 4.79 Å². The minimum absolute atomic E-state index is 0.169. The van der Waals surface area contributed by atoms with Crippen molar-refractivity contribution >= 4 is 18.5 Å². The van der Waals surface area contributed by atoms with Crippen LogP contribution in [0.3, 0.4) is 0 Å². The molecule has 1 amide bonds. The van der Waals surface area contributed by atoms with Crippen LogP contribution in [0.4, 0.5) is 0 Å². The second-order valence-corrected chi connectivity index (χ2v) is 5.08. The van der Waals surface area contributed by atoms with E-state index in [1.54, 1.807) is 38.4 Å². The minimum atomic E-state index is -1.53. The zero-order chi connectivity index (χ0) is 16.1. The predicted molar refractivity (Wildman–Crippen MR) is 84.8 cm³/mol. The summed E-state index contributed by atoms with van der Waals surface area (Å²) in [5.74, 6) is 0.311. The molecule has 0 heterocycles. The van der Waals surface area contributed by atoms with E-state index in [-0.39, 0.29) is 5.91 Å². The van der Waals surface area contributed by atoms with Gasteiger partial charge in [0.25, 0.3) is 5.91 Å². The highest BCUT2D eigenvalue weighted by Gasteiger charge is 2.24. The summed E-state index contributed by atoms with van der Waals surface area (Å²) in [7, 11) is 1.82. The van der Waals surface area contributed by atoms with Gasteiger partial charge in [-0.3, -0.25) is 4.79 Å². The lowest BCUT2D eigenvalue weighted by atomic mass is 9.80. The van der Waals surface area contributed by atoms with Crippen LogP contribution >= 0.6 is 0 Å². The summed E-state index contributed by atoms with van der Waals surface area (Å²) in [6, 6.07) is 15.5. The van der Waals surface area contributed by atoms with Crippen molar-refractivity contribution < 1.29 is 19.6 Å². The molecule has 0 radical (unpaired) electrons. The Balaban J connectivity index is 2.25. The molecular weight excluding hydrogens is 281 g/mol. The molecule has 0 aromatic heterocycles. The van der Waals surface area contributed by atoms with E-state index in [4.69, 9.17) is 14.8 Å². The van der Waals surface area contributed by atoms with E-state index < -0.39 is 13.2 Å². The molecule has 0 aliphatic heterocycles. The van der Waals surface area contributed by atoms with Gasteiger partial charge in [-0.15, -0.1) is 0 Å². The van der Waals surface area contributed by atoms with E-state index in [9.17, 15) is 4.79 Å². The van der Waals surface area contributed by atoms with Crippen molar-refractivity contribution in [2.75, 3.05) is 14.1 Å². The fourth-order valence-electron chi connectivity index (χ4n) is 1.98. The van der Waals surface area contributed by atoms with Crippen LogP contribution in [0.25, 0.3) is 0 Å². The fraction of sp³-hybridized carbons (Fsp3) is 0.188. The van der Waals surface area contributed by atoms with Crippen LogP contribution in [0.1, 0.15) is 11.7 Å². The maximum Gasteiger partial charge on any atom is 0.488 e. The van der Waals surface area contributed by atoms with Crippen LogP contribution in [0.2, 0.25) is 0 Å². The van der Waals surface area contributed by atoms with Gasteiger partial charge >= 0.3 is 7.12 Å². The van der Waals surface area contributed by atoms with E-state index in [1.807, 2.05) is 30.3 Å². The second kappa shape index (κ2) is 7.11. The first-order chi connectivity index (χ1) is 10.5. The van der Waals surface area contributed by atoms with Crippen molar-refractivity contribution in [1.82, 2.24) is 4.90 Å². The number of carbonyl (C=O) groups excluding carboxylic acids is 1. The molecule has 0 aliphatic rings. The molecule has 0 saturated carbocycles. The van der Waals surface area contributed by atoms with Crippen LogP contribution in [0.5, 0.6) is 5.75 Å². The Kier molecular flexibility index (Phi) is 5.19. The number of likely N-dealkylation sites (N-methyl/N-ethyl adjacent to an activating group) is 1. The molecule has 0 bridgehead atoms. The topological polar surface area (TPSA) is 70.0 Å². The van der Waals surface area contributed by atoms with Gasteiger partial charge in [0.15, 0.2) is 0 Å². The minimum Gasteiger partial charge on any atom is -0.476 e. The Morgan fingerprint density at radius 3 is 2.14 bits per heavy atom. The Bertz CT molecular complexity index is 614. The zero-order valence-electron chi connectivity index (χ0n) is 12.5. The van der Waals surface area contributed by atoms with Crippen molar-refractivity contribution in [3.05, 3.63) is 60.2 Å². The van der Waals surface area contributed by atoms with Crippen molar-refractivity contribution in [3.63, 3.8) is 0 Å². The molecule has 2 aromatic rings. The van der Waals surface area contributed by atoms with Gasteiger partial charge in [-0.25, -0.2) is 0 Å². The Labute approximate surface area is 129 Å². The lowest BCUT2D eigenvalue weighted by Gasteiger charge is -2.22. The standard InChI is InChI=1S/C16H18BNO4/c1-18(2)16(19)15(12-6-4-3-5-7-12)22-14-10-8-13(9-11-14)17(20)21/h3-11,15,20-21H,1-2H3. The van der Waals surface area contributed by atoms with E-state index in [1.165, 1.54) is 4.90 Å². The molecular formula is C16H18BNO4. The summed E-state index contributed by atoms with van der Waals surface area (Å²) in [5.41, 5.74) is 1.12. The number of rotatable bonds is 5. The molecule has 114 valence electrons. The number of benzene rings is 2. The maximum atomic E-state index is 12.3. The van der Waals surface area contributed by atoms with Crippen LogP contribution < -0.4 is 10.2 Å². The predicted octanol–water partition coefficient (Wildman–Crippen LogP) is 0.575. The van der Waals surface area contributed by atoms with Crippen LogP contribution in [0, 0.1) is 0 Å². The normalized spacial score (nSPS) is 11.6. The van der Waals surface area contributed by atoms with E-state index in [0.29, 0.717) is 11.2 Å². The third-order valence-electron chi connectivity index (χ3n) is 3.20. The zero-order valence-corrected chi connectivity index (χ0v) is 12.5. The first-order valence-corrected chi connectivity index (χ1v) is 6.88. The number of hydrogen-bond acceptors (Lipinski definition) is 4. The average Bonchev–Trinajstić information content (AvgIpc) is 2.53. The SMILES string of the molecule is CN(C)C(=O)C(Oc1ccc(B(O)O)cc1)c1ccccc1. The van der Waals surface area contributed by atoms with Crippen molar-refractivity contribution in [3.8, 4) is 5.75 Å². The smallest absolute Gasteiger partial charge is 0.476 e. The molecule has 1 atom stereocenters. The van der Waals surface area contributed by atoms with Gasteiger partial charge in [0.05, 0.1) is 0 Å². The van der Waals surface area contributed by atoms with E-state index in [2.05, 4.69) is 0 Å².